The average molecular weight is 224 g/mol. The highest BCUT2D eigenvalue weighted by Crippen LogP contribution is 2.37. The maximum absolute atomic E-state index is 12.8. The molecule has 4 nitrogen and oxygen atoms in total. The smallest absolute Gasteiger partial charge is 0.339 e. The quantitative estimate of drug-likeness (QED) is 0.821. The molecule has 2 rings (SSSR count). The second kappa shape index (κ2) is 4.08. The number of hydrogen-bond acceptors (Lipinski definition) is 3. The molecule has 16 heavy (non-hydrogen) atoms. The third-order valence-corrected chi connectivity index (χ3v) is 2.89. The topological polar surface area (TPSA) is 62.2 Å². The third-order valence-electron chi connectivity index (χ3n) is 2.89. The van der Waals surface area contributed by atoms with E-state index in [4.69, 9.17) is 5.11 Å². The van der Waals surface area contributed by atoms with Crippen molar-refractivity contribution >= 4 is 11.8 Å². The molecule has 0 spiro atoms. The highest BCUT2D eigenvalue weighted by atomic mass is 19.1. The number of anilines is 1. The van der Waals surface area contributed by atoms with Gasteiger partial charge in [-0.25, -0.2) is 14.2 Å². The SMILES string of the molecule is CC1CC1CNc1ncc(F)cc1C(=O)O. The number of halogens is 1. The molecule has 86 valence electrons. The van der Waals surface area contributed by atoms with Gasteiger partial charge in [-0.2, -0.15) is 0 Å². The van der Waals surface area contributed by atoms with E-state index in [-0.39, 0.29) is 11.4 Å². The van der Waals surface area contributed by atoms with E-state index in [1.807, 2.05) is 0 Å². The molecule has 2 atom stereocenters. The van der Waals surface area contributed by atoms with Crippen LogP contribution in [-0.4, -0.2) is 22.6 Å². The fourth-order valence-corrected chi connectivity index (χ4v) is 1.65. The van der Waals surface area contributed by atoms with Gasteiger partial charge in [0.15, 0.2) is 0 Å². The highest BCUT2D eigenvalue weighted by molar-refractivity contribution is 5.93. The molecule has 0 saturated heterocycles. The van der Waals surface area contributed by atoms with E-state index in [1.54, 1.807) is 0 Å². The molecular weight excluding hydrogens is 211 g/mol. The summed E-state index contributed by atoms with van der Waals surface area (Å²) in [4.78, 5) is 14.6. The molecule has 1 aliphatic rings. The normalized spacial score (nSPS) is 22.9. The number of rotatable bonds is 4. The van der Waals surface area contributed by atoms with Crippen LogP contribution < -0.4 is 5.32 Å². The first kappa shape index (κ1) is 10.9. The molecule has 2 N–H and O–H groups in total. The lowest BCUT2D eigenvalue weighted by molar-refractivity contribution is 0.0697. The minimum absolute atomic E-state index is 0.117. The van der Waals surface area contributed by atoms with Gasteiger partial charge < -0.3 is 10.4 Å². The molecule has 1 aromatic heterocycles. The fraction of sp³-hybridized carbons (Fsp3) is 0.455. The standard InChI is InChI=1S/C11H13FN2O2/c1-6-2-7(6)4-13-10-9(11(15)16)3-8(12)5-14-10/h3,5-7H,2,4H2,1H3,(H,13,14)(H,15,16). The van der Waals surface area contributed by atoms with E-state index in [9.17, 15) is 9.18 Å². The number of aromatic nitrogens is 1. The van der Waals surface area contributed by atoms with Crippen LogP contribution in [0.2, 0.25) is 0 Å². The predicted molar refractivity (Wildman–Crippen MR) is 56.9 cm³/mol. The van der Waals surface area contributed by atoms with Gasteiger partial charge in [0, 0.05) is 6.54 Å². The molecule has 0 bridgehead atoms. The third kappa shape index (κ3) is 2.29. The summed E-state index contributed by atoms with van der Waals surface area (Å²) in [6.45, 7) is 2.84. The van der Waals surface area contributed by atoms with Crippen molar-refractivity contribution in [2.24, 2.45) is 11.8 Å². The zero-order chi connectivity index (χ0) is 11.7. The van der Waals surface area contributed by atoms with Crippen LogP contribution in [0, 0.1) is 17.7 Å². The summed E-state index contributed by atoms with van der Waals surface area (Å²) in [5, 5.41) is 11.8. The summed E-state index contributed by atoms with van der Waals surface area (Å²) in [5.41, 5.74) is -0.117. The molecule has 5 heteroatoms. The Morgan fingerprint density at radius 2 is 2.44 bits per heavy atom. The summed E-state index contributed by atoms with van der Waals surface area (Å²) >= 11 is 0. The second-order valence-electron chi connectivity index (χ2n) is 4.21. The Morgan fingerprint density at radius 3 is 3.00 bits per heavy atom. The number of nitrogens with zero attached hydrogens (tertiary/aromatic N) is 1. The van der Waals surface area contributed by atoms with Crippen molar-refractivity contribution in [3.63, 3.8) is 0 Å². The molecule has 1 heterocycles. The molecule has 0 aliphatic heterocycles. The van der Waals surface area contributed by atoms with Gasteiger partial charge in [0.2, 0.25) is 0 Å². The first-order valence-corrected chi connectivity index (χ1v) is 5.20. The largest absolute Gasteiger partial charge is 0.478 e. The Balaban J connectivity index is 2.09. The summed E-state index contributed by atoms with van der Waals surface area (Å²) in [5.74, 6) is -0.302. The number of aromatic carboxylic acids is 1. The molecule has 0 radical (unpaired) electrons. The van der Waals surface area contributed by atoms with Gasteiger partial charge in [0.25, 0.3) is 0 Å². The Kier molecular flexibility index (Phi) is 2.77. The van der Waals surface area contributed by atoms with Crippen LogP contribution in [0.25, 0.3) is 0 Å². The van der Waals surface area contributed by atoms with Crippen LogP contribution in [0.1, 0.15) is 23.7 Å². The Morgan fingerprint density at radius 1 is 1.75 bits per heavy atom. The molecule has 1 aromatic rings. The van der Waals surface area contributed by atoms with Crippen molar-refractivity contribution in [1.29, 1.82) is 0 Å². The summed E-state index contributed by atoms with van der Waals surface area (Å²) < 4.78 is 12.8. The van der Waals surface area contributed by atoms with Gasteiger partial charge in [0.1, 0.15) is 17.2 Å². The van der Waals surface area contributed by atoms with Crippen molar-refractivity contribution in [3.05, 3.63) is 23.6 Å². The molecule has 1 fully saturated rings. The van der Waals surface area contributed by atoms with Gasteiger partial charge in [-0.05, 0) is 24.3 Å². The molecule has 2 unspecified atom stereocenters. The van der Waals surface area contributed by atoms with E-state index in [0.717, 1.165) is 18.7 Å². The number of carbonyl (C=O) groups is 1. The zero-order valence-corrected chi connectivity index (χ0v) is 8.90. The summed E-state index contributed by atoms with van der Waals surface area (Å²) in [6, 6.07) is 0.980. The van der Waals surface area contributed by atoms with Crippen LogP contribution in [-0.2, 0) is 0 Å². The van der Waals surface area contributed by atoms with Crippen LogP contribution in [0.3, 0.4) is 0 Å². The molecule has 0 amide bonds. The number of carboxylic acid groups (broad SMARTS) is 1. The Labute approximate surface area is 92.5 Å². The summed E-state index contributed by atoms with van der Waals surface area (Å²) in [7, 11) is 0. The monoisotopic (exact) mass is 224 g/mol. The van der Waals surface area contributed by atoms with Crippen molar-refractivity contribution < 1.29 is 14.3 Å². The lowest BCUT2D eigenvalue weighted by Gasteiger charge is -2.07. The zero-order valence-electron chi connectivity index (χ0n) is 8.90. The van der Waals surface area contributed by atoms with Gasteiger partial charge in [0.05, 0.1) is 6.20 Å². The summed E-state index contributed by atoms with van der Waals surface area (Å²) in [6.07, 6.45) is 2.17. The number of nitrogens with one attached hydrogen (secondary N) is 1. The van der Waals surface area contributed by atoms with Gasteiger partial charge in [-0.1, -0.05) is 6.92 Å². The van der Waals surface area contributed by atoms with Crippen molar-refractivity contribution in [2.45, 2.75) is 13.3 Å². The van der Waals surface area contributed by atoms with Crippen molar-refractivity contribution in [2.75, 3.05) is 11.9 Å². The lowest BCUT2D eigenvalue weighted by atomic mass is 10.2. The molecule has 1 saturated carbocycles. The fourth-order valence-electron chi connectivity index (χ4n) is 1.65. The van der Waals surface area contributed by atoms with E-state index < -0.39 is 11.8 Å². The van der Waals surface area contributed by atoms with Gasteiger partial charge >= 0.3 is 5.97 Å². The van der Waals surface area contributed by atoms with E-state index >= 15 is 0 Å². The Hall–Kier alpha value is -1.65. The predicted octanol–water partition coefficient (Wildman–Crippen LogP) is 1.99. The minimum Gasteiger partial charge on any atom is -0.478 e. The van der Waals surface area contributed by atoms with E-state index in [2.05, 4.69) is 17.2 Å². The number of carboxylic acids is 1. The molecule has 1 aliphatic carbocycles. The van der Waals surface area contributed by atoms with Crippen LogP contribution in [0.4, 0.5) is 10.2 Å². The number of hydrogen-bond donors (Lipinski definition) is 2. The lowest BCUT2D eigenvalue weighted by Crippen LogP contribution is -2.11. The highest BCUT2D eigenvalue weighted by Gasteiger charge is 2.32. The minimum atomic E-state index is -1.17. The Bertz CT molecular complexity index is 422. The average Bonchev–Trinajstić information content (AvgIpc) is 2.92. The second-order valence-corrected chi connectivity index (χ2v) is 4.21. The molecule has 0 aromatic carbocycles. The maximum atomic E-state index is 12.8. The first-order chi connectivity index (χ1) is 7.58. The first-order valence-electron chi connectivity index (χ1n) is 5.20. The molecular formula is C11H13FN2O2. The maximum Gasteiger partial charge on any atom is 0.339 e. The van der Waals surface area contributed by atoms with Crippen molar-refractivity contribution in [3.8, 4) is 0 Å². The van der Waals surface area contributed by atoms with Crippen LogP contribution in [0.15, 0.2) is 12.3 Å². The van der Waals surface area contributed by atoms with Crippen LogP contribution >= 0.6 is 0 Å². The van der Waals surface area contributed by atoms with Crippen molar-refractivity contribution in [1.82, 2.24) is 4.98 Å². The van der Waals surface area contributed by atoms with E-state index in [1.165, 1.54) is 0 Å². The van der Waals surface area contributed by atoms with Gasteiger partial charge in [-0.15, -0.1) is 0 Å². The van der Waals surface area contributed by atoms with Gasteiger partial charge in [-0.3, -0.25) is 0 Å². The van der Waals surface area contributed by atoms with Crippen LogP contribution in [0.5, 0.6) is 0 Å². The number of pyridine rings is 1. The van der Waals surface area contributed by atoms with E-state index in [0.29, 0.717) is 18.4 Å².